The van der Waals surface area contributed by atoms with Crippen molar-refractivity contribution in [2.75, 3.05) is 5.32 Å². The van der Waals surface area contributed by atoms with Crippen LogP contribution in [0.3, 0.4) is 0 Å². The Morgan fingerprint density at radius 3 is 2.79 bits per heavy atom. The maximum absolute atomic E-state index is 13.0. The van der Waals surface area contributed by atoms with E-state index in [0.717, 1.165) is 30.0 Å². The molecule has 1 aliphatic carbocycles. The molecule has 1 aromatic carbocycles. The largest absolute Gasteiger partial charge is 0.416 e. The lowest BCUT2D eigenvalue weighted by Gasteiger charge is -2.17. The molecule has 1 N–H and O–H groups in total. The minimum atomic E-state index is -4.36. The number of halogens is 3. The van der Waals surface area contributed by atoms with Gasteiger partial charge in [0.05, 0.1) is 11.6 Å². The van der Waals surface area contributed by atoms with Crippen molar-refractivity contribution < 1.29 is 13.2 Å². The first-order valence-corrected chi connectivity index (χ1v) is 9.38. The highest BCUT2D eigenvalue weighted by atomic mass is 19.4. The Labute approximate surface area is 161 Å². The quantitative estimate of drug-likeness (QED) is 0.609. The molecule has 1 atom stereocenters. The van der Waals surface area contributed by atoms with Crippen molar-refractivity contribution in [3.8, 4) is 0 Å². The zero-order valence-electron chi connectivity index (χ0n) is 15.5. The summed E-state index contributed by atoms with van der Waals surface area (Å²) in [7, 11) is 0. The number of hydrogen-bond acceptors (Lipinski definition) is 3. The van der Waals surface area contributed by atoms with E-state index >= 15 is 0 Å². The summed E-state index contributed by atoms with van der Waals surface area (Å²) in [6.45, 7) is 1.82. The molecule has 0 radical (unpaired) electrons. The molecule has 0 saturated carbocycles. The van der Waals surface area contributed by atoms with E-state index in [9.17, 15) is 13.2 Å². The highest BCUT2D eigenvalue weighted by Crippen LogP contribution is 2.32. The Kier molecular flexibility index (Phi) is 4.83. The summed E-state index contributed by atoms with van der Waals surface area (Å²) in [5.41, 5.74) is 3.14. The van der Waals surface area contributed by atoms with Gasteiger partial charge in [-0.15, -0.1) is 0 Å². The lowest BCUT2D eigenvalue weighted by atomic mass is 9.95. The molecule has 4 rings (SSSR count). The van der Waals surface area contributed by atoms with Gasteiger partial charge in [0.25, 0.3) is 0 Å². The minimum absolute atomic E-state index is 0.340. The van der Waals surface area contributed by atoms with Gasteiger partial charge in [0.2, 0.25) is 0 Å². The van der Waals surface area contributed by atoms with E-state index in [1.807, 2.05) is 19.2 Å². The number of nitrogens with zero attached hydrogens (tertiary/aromatic N) is 3. The van der Waals surface area contributed by atoms with E-state index in [1.165, 1.54) is 36.9 Å². The minimum Gasteiger partial charge on any atom is -0.362 e. The van der Waals surface area contributed by atoms with Gasteiger partial charge in [0, 0.05) is 6.20 Å². The topological polar surface area (TPSA) is 42.2 Å². The Morgan fingerprint density at radius 1 is 1.18 bits per heavy atom. The summed E-state index contributed by atoms with van der Waals surface area (Å²) in [4.78, 5) is 4.32. The Bertz CT molecular complexity index is 1020. The first-order chi connectivity index (χ1) is 13.4. The maximum atomic E-state index is 13.0. The van der Waals surface area contributed by atoms with E-state index in [-0.39, 0.29) is 6.04 Å². The fourth-order valence-corrected chi connectivity index (χ4v) is 3.59. The summed E-state index contributed by atoms with van der Waals surface area (Å²) in [6.07, 6.45) is 5.88. The van der Waals surface area contributed by atoms with E-state index in [1.54, 1.807) is 10.6 Å². The average molecular weight is 386 g/mol. The van der Waals surface area contributed by atoms with Crippen LogP contribution in [0.2, 0.25) is 0 Å². The average Bonchev–Trinajstić information content (AvgIpc) is 3.13. The molecule has 0 bridgehead atoms. The van der Waals surface area contributed by atoms with E-state index in [2.05, 4.69) is 21.5 Å². The van der Waals surface area contributed by atoms with Crippen LogP contribution in [0, 0.1) is 0 Å². The van der Waals surface area contributed by atoms with Crippen molar-refractivity contribution in [2.45, 2.75) is 44.8 Å². The van der Waals surface area contributed by atoms with Gasteiger partial charge in [-0.1, -0.05) is 18.2 Å². The molecule has 0 spiro atoms. The Morgan fingerprint density at radius 2 is 2.04 bits per heavy atom. The number of alkyl halides is 3. The number of benzene rings is 1. The van der Waals surface area contributed by atoms with Gasteiger partial charge in [-0.25, -0.2) is 9.50 Å². The molecule has 3 aromatic rings. The predicted octanol–water partition coefficient (Wildman–Crippen LogP) is 5.88. The first-order valence-electron chi connectivity index (χ1n) is 9.38. The monoisotopic (exact) mass is 386 g/mol. The molecule has 2 aromatic heterocycles. The Hall–Kier alpha value is -2.83. The van der Waals surface area contributed by atoms with E-state index < -0.39 is 11.7 Å². The third kappa shape index (κ3) is 3.74. The number of rotatable bonds is 4. The smallest absolute Gasteiger partial charge is 0.362 e. The van der Waals surface area contributed by atoms with Crippen LogP contribution in [0.15, 0.2) is 48.9 Å². The number of hydrogen-bond donors (Lipinski definition) is 1. The van der Waals surface area contributed by atoms with Crippen molar-refractivity contribution in [1.29, 1.82) is 0 Å². The van der Waals surface area contributed by atoms with Gasteiger partial charge in [-0.2, -0.15) is 18.3 Å². The number of aromatic nitrogens is 3. The second kappa shape index (κ2) is 7.30. The molecule has 1 aliphatic rings. The molecule has 0 aliphatic heterocycles. The lowest BCUT2D eigenvalue weighted by molar-refractivity contribution is -0.137. The first kappa shape index (κ1) is 18.5. The van der Waals surface area contributed by atoms with Crippen LogP contribution in [-0.4, -0.2) is 14.6 Å². The van der Waals surface area contributed by atoms with Crippen LogP contribution in [0.25, 0.3) is 11.1 Å². The van der Waals surface area contributed by atoms with Crippen LogP contribution in [0.1, 0.15) is 55.3 Å². The third-order valence-electron chi connectivity index (χ3n) is 5.13. The predicted molar refractivity (Wildman–Crippen MR) is 103 cm³/mol. The molecule has 0 saturated heterocycles. The van der Waals surface area contributed by atoms with Crippen LogP contribution in [0.5, 0.6) is 0 Å². The van der Waals surface area contributed by atoms with Gasteiger partial charge < -0.3 is 5.32 Å². The van der Waals surface area contributed by atoms with Crippen molar-refractivity contribution in [2.24, 2.45) is 0 Å². The molecule has 7 heteroatoms. The molecule has 2 heterocycles. The highest BCUT2D eigenvalue weighted by molar-refractivity contribution is 5.76. The molecular formula is C21H21F3N4. The second-order valence-electron chi connectivity index (χ2n) is 7.13. The van der Waals surface area contributed by atoms with Crippen molar-refractivity contribution in [3.05, 3.63) is 65.6 Å². The molecular weight excluding hydrogens is 365 g/mol. The van der Waals surface area contributed by atoms with Crippen molar-refractivity contribution in [3.63, 3.8) is 0 Å². The van der Waals surface area contributed by atoms with Gasteiger partial charge in [-0.05, 0) is 67.5 Å². The molecule has 4 nitrogen and oxygen atoms in total. The third-order valence-corrected chi connectivity index (χ3v) is 5.13. The van der Waals surface area contributed by atoms with Crippen molar-refractivity contribution >= 4 is 16.9 Å². The molecule has 146 valence electrons. The summed E-state index contributed by atoms with van der Waals surface area (Å²) >= 11 is 0. The number of anilines is 1. The van der Waals surface area contributed by atoms with Crippen LogP contribution in [-0.2, 0) is 6.18 Å². The number of nitrogens with one attached hydrogen (secondary N) is 1. The summed E-state index contributed by atoms with van der Waals surface area (Å²) in [5.74, 6) is 0.600. The van der Waals surface area contributed by atoms with Gasteiger partial charge in [0.15, 0.2) is 5.82 Å². The molecule has 0 amide bonds. The van der Waals surface area contributed by atoms with Gasteiger partial charge in [0.1, 0.15) is 11.8 Å². The summed E-state index contributed by atoms with van der Waals surface area (Å²) < 4.78 is 40.8. The van der Waals surface area contributed by atoms with Gasteiger partial charge in [-0.3, -0.25) is 0 Å². The second-order valence-corrected chi connectivity index (χ2v) is 7.13. The molecule has 0 unspecified atom stereocenters. The fraction of sp³-hybridized carbons (Fsp3) is 0.333. The standard InChI is InChI=1S/C21H21F3N4/c1-14(16-8-5-9-18(10-16)21(22,23)24)27-20-19-11-17(12-28(19)26-13-25-20)15-6-3-2-4-7-15/h5-6,8-14H,2-4,7H2,1H3,(H,25,26,27)/t14-/m1/s1. The van der Waals surface area contributed by atoms with Crippen molar-refractivity contribution in [1.82, 2.24) is 14.6 Å². The fourth-order valence-electron chi connectivity index (χ4n) is 3.59. The number of allylic oxidation sites excluding steroid dienone is 2. The van der Waals surface area contributed by atoms with Crippen LogP contribution >= 0.6 is 0 Å². The van der Waals surface area contributed by atoms with Crippen LogP contribution < -0.4 is 5.32 Å². The maximum Gasteiger partial charge on any atom is 0.416 e. The summed E-state index contributed by atoms with van der Waals surface area (Å²) in [6, 6.07) is 7.06. The van der Waals surface area contributed by atoms with E-state index in [4.69, 9.17) is 0 Å². The SMILES string of the molecule is C[C@@H](Nc1ncnn2cc(C3=CCCCC3)cc12)c1cccc(C(F)(F)F)c1. The molecule has 0 fully saturated rings. The summed E-state index contributed by atoms with van der Waals surface area (Å²) in [5, 5.41) is 7.51. The van der Waals surface area contributed by atoms with E-state index in [0.29, 0.717) is 11.4 Å². The van der Waals surface area contributed by atoms with Crippen LogP contribution in [0.4, 0.5) is 19.0 Å². The molecule has 28 heavy (non-hydrogen) atoms. The lowest BCUT2D eigenvalue weighted by Crippen LogP contribution is -2.11. The van der Waals surface area contributed by atoms with Gasteiger partial charge >= 0.3 is 6.18 Å². The normalized spacial score (nSPS) is 16.1. The zero-order valence-corrected chi connectivity index (χ0v) is 15.5. The zero-order chi connectivity index (χ0) is 19.7. The number of fused-ring (bicyclic) bond motifs is 1. The highest BCUT2D eigenvalue weighted by Gasteiger charge is 2.30. The Balaban J connectivity index is 1.63.